The molecule has 0 aromatic heterocycles. The van der Waals surface area contributed by atoms with Crippen LogP contribution in [0.25, 0.3) is 0 Å². The SMILES string of the molecule is COc1ccccc1NC(=O)CC(C)(C(=O)O)C(C)C. The van der Waals surface area contributed by atoms with E-state index in [1.807, 2.05) is 0 Å². The van der Waals surface area contributed by atoms with Crippen LogP contribution in [0.1, 0.15) is 27.2 Å². The fourth-order valence-electron chi connectivity index (χ4n) is 1.80. The summed E-state index contributed by atoms with van der Waals surface area (Å²) in [4.78, 5) is 23.4. The van der Waals surface area contributed by atoms with Crippen LogP contribution in [0.15, 0.2) is 24.3 Å². The molecule has 0 aliphatic carbocycles. The third kappa shape index (κ3) is 3.50. The average Bonchev–Trinajstić information content (AvgIpc) is 2.38. The number of carboxylic acid groups (broad SMARTS) is 1. The van der Waals surface area contributed by atoms with Crippen LogP contribution in [0, 0.1) is 11.3 Å². The maximum Gasteiger partial charge on any atom is 0.310 e. The highest BCUT2D eigenvalue weighted by atomic mass is 16.5. The molecule has 0 heterocycles. The van der Waals surface area contributed by atoms with Gasteiger partial charge < -0.3 is 15.2 Å². The van der Waals surface area contributed by atoms with Gasteiger partial charge in [-0.1, -0.05) is 26.0 Å². The number of carbonyl (C=O) groups excluding carboxylic acids is 1. The van der Waals surface area contributed by atoms with Crippen molar-refractivity contribution in [1.82, 2.24) is 0 Å². The summed E-state index contributed by atoms with van der Waals surface area (Å²) in [5, 5.41) is 12.0. The van der Waals surface area contributed by atoms with E-state index < -0.39 is 11.4 Å². The first-order valence-electron chi connectivity index (χ1n) is 6.47. The van der Waals surface area contributed by atoms with E-state index in [9.17, 15) is 14.7 Å². The lowest BCUT2D eigenvalue weighted by Crippen LogP contribution is -2.37. The van der Waals surface area contributed by atoms with Gasteiger partial charge in [-0.05, 0) is 25.0 Å². The Morgan fingerprint density at radius 2 is 1.95 bits per heavy atom. The number of ether oxygens (including phenoxy) is 1. The van der Waals surface area contributed by atoms with Gasteiger partial charge in [0.15, 0.2) is 0 Å². The van der Waals surface area contributed by atoms with E-state index in [1.54, 1.807) is 45.0 Å². The number of anilines is 1. The minimum atomic E-state index is -1.09. The zero-order valence-corrected chi connectivity index (χ0v) is 12.3. The lowest BCUT2D eigenvalue weighted by Gasteiger charge is -2.28. The predicted molar refractivity (Wildman–Crippen MR) is 76.8 cm³/mol. The van der Waals surface area contributed by atoms with Crippen LogP contribution in [-0.4, -0.2) is 24.1 Å². The Hall–Kier alpha value is -2.04. The molecule has 0 aliphatic rings. The first-order chi connectivity index (χ1) is 9.31. The molecule has 5 heteroatoms. The third-order valence-corrected chi connectivity index (χ3v) is 3.67. The molecule has 20 heavy (non-hydrogen) atoms. The summed E-state index contributed by atoms with van der Waals surface area (Å²) >= 11 is 0. The van der Waals surface area contributed by atoms with Gasteiger partial charge in [-0.25, -0.2) is 0 Å². The van der Waals surface area contributed by atoms with Crippen molar-refractivity contribution in [2.45, 2.75) is 27.2 Å². The number of carboxylic acids is 1. The molecule has 0 radical (unpaired) electrons. The van der Waals surface area contributed by atoms with Gasteiger partial charge in [0.1, 0.15) is 5.75 Å². The summed E-state index contributed by atoms with van der Waals surface area (Å²) in [6.07, 6.45) is -0.0853. The second-order valence-corrected chi connectivity index (χ2v) is 5.30. The first kappa shape index (κ1) is 16.0. The molecule has 1 aromatic rings. The maximum absolute atomic E-state index is 12.1. The zero-order chi connectivity index (χ0) is 15.3. The Morgan fingerprint density at radius 3 is 2.45 bits per heavy atom. The zero-order valence-electron chi connectivity index (χ0n) is 12.3. The van der Waals surface area contributed by atoms with E-state index in [4.69, 9.17) is 4.74 Å². The number of rotatable bonds is 6. The summed E-state index contributed by atoms with van der Waals surface area (Å²) in [6, 6.07) is 7.01. The molecule has 1 rings (SSSR count). The molecule has 1 unspecified atom stereocenters. The van der Waals surface area contributed by atoms with Gasteiger partial charge in [0.2, 0.25) is 5.91 Å². The molecule has 5 nitrogen and oxygen atoms in total. The van der Waals surface area contributed by atoms with Crippen LogP contribution in [0.2, 0.25) is 0 Å². The Balaban J connectivity index is 2.84. The fourth-order valence-corrected chi connectivity index (χ4v) is 1.80. The lowest BCUT2D eigenvalue weighted by atomic mass is 9.76. The molecule has 0 saturated carbocycles. The van der Waals surface area contributed by atoms with Gasteiger partial charge in [-0.15, -0.1) is 0 Å². The largest absolute Gasteiger partial charge is 0.495 e. The number of aliphatic carboxylic acids is 1. The minimum Gasteiger partial charge on any atom is -0.495 e. The van der Waals surface area contributed by atoms with Crippen molar-refractivity contribution < 1.29 is 19.4 Å². The average molecular weight is 279 g/mol. The molecule has 0 bridgehead atoms. The van der Waals surface area contributed by atoms with Gasteiger partial charge >= 0.3 is 5.97 Å². The van der Waals surface area contributed by atoms with Crippen molar-refractivity contribution in [2.75, 3.05) is 12.4 Å². The molecule has 0 saturated heterocycles. The van der Waals surface area contributed by atoms with Crippen LogP contribution < -0.4 is 10.1 Å². The van der Waals surface area contributed by atoms with Crippen molar-refractivity contribution >= 4 is 17.6 Å². The number of methoxy groups -OCH3 is 1. The van der Waals surface area contributed by atoms with Gasteiger partial charge in [-0.3, -0.25) is 9.59 Å². The summed E-state index contributed by atoms with van der Waals surface area (Å²) < 4.78 is 5.14. The molecule has 0 aliphatic heterocycles. The Morgan fingerprint density at radius 1 is 1.35 bits per heavy atom. The van der Waals surface area contributed by atoms with Crippen LogP contribution in [0.3, 0.4) is 0 Å². The van der Waals surface area contributed by atoms with Crippen LogP contribution in [0.4, 0.5) is 5.69 Å². The number of amides is 1. The van der Waals surface area contributed by atoms with Crippen LogP contribution >= 0.6 is 0 Å². The number of hydrogen-bond donors (Lipinski definition) is 2. The normalized spacial score (nSPS) is 13.7. The quantitative estimate of drug-likeness (QED) is 0.839. The molecular weight excluding hydrogens is 258 g/mol. The summed E-state index contributed by atoms with van der Waals surface area (Å²) in [5.74, 6) is -0.915. The molecule has 1 aromatic carbocycles. The standard InChI is InChI=1S/C15H21NO4/c1-10(2)15(3,14(18)19)9-13(17)16-11-7-5-6-8-12(11)20-4/h5-8,10H,9H2,1-4H3,(H,16,17)(H,18,19). The summed E-state index contributed by atoms with van der Waals surface area (Å²) in [7, 11) is 1.51. The highest BCUT2D eigenvalue weighted by Crippen LogP contribution is 2.32. The minimum absolute atomic E-state index is 0.0853. The van der Waals surface area contributed by atoms with E-state index in [1.165, 1.54) is 7.11 Å². The Labute approximate surface area is 118 Å². The van der Waals surface area contributed by atoms with E-state index >= 15 is 0 Å². The van der Waals surface area contributed by atoms with E-state index in [0.717, 1.165) is 0 Å². The van der Waals surface area contributed by atoms with E-state index in [2.05, 4.69) is 5.32 Å². The van der Waals surface area contributed by atoms with Crippen molar-refractivity contribution in [2.24, 2.45) is 11.3 Å². The number of para-hydroxylation sites is 2. The Kier molecular flexibility index (Phi) is 5.13. The summed E-state index contributed by atoms with van der Waals surface area (Å²) in [6.45, 7) is 5.18. The second kappa shape index (κ2) is 6.41. The van der Waals surface area contributed by atoms with Crippen molar-refractivity contribution in [1.29, 1.82) is 0 Å². The third-order valence-electron chi connectivity index (χ3n) is 3.67. The second-order valence-electron chi connectivity index (χ2n) is 5.30. The monoisotopic (exact) mass is 279 g/mol. The molecule has 1 atom stereocenters. The van der Waals surface area contributed by atoms with E-state index in [-0.39, 0.29) is 18.2 Å². The van der Waals surface area contributed by atoms with Crippen molar-refractivity contribution in [3.05, 3.63) is 24.3 Å². The van der Waals surface area contributed by atoms with Gasteiger partial charge in [0.25, 0.3) is 0 Å². The van der Waals surface area contributed by atoms with Gasteiger partial charge in [0.05, 0.1) is 18.2 Å². The molecule has 110 valence electrons. The molecular formula is C15H21NO4. The molecule has 0 spiro atoms. The topological polar surface area (TPSA) is 75.6 Å². The number of hydrogen-bond acceptors (Lipinski definition) is 3. The summed E-state index contributed by atoms with van der Waals surface area (Å²) in [5.41, 5.74) is -0.553. The van der Waals surface area contributed by atoms with Gasteiger partial charge in [0, 0.05) is 6.42 Å². The number of benzene rings is 1. The number of nitrogens with one attached hydrogen (secondary N) is 1. The maximum atomic E-state index is 12.1. The van der Waals surface area contributed by atoms with Crippen LogP contribution in [0.5, 0.6) is 5.75 Å². The number of carbonyl (C=O) groups is 2. The van der Waals surface area contributed by atoms with E-state index in [0.29, 0.717) is 11.4 Å². The fraction of sp³-hybridized carbons (Fsp3) is 0.467. The lowest BCUT2D eigenvalue weighted by molar-refractivity contribution is -0.153. The molecule has 0 fully saturated rings. The first-order valence-corrected chi connectivity index (χ1v) is 6.47. The highest BCUT2D eigenvalue weighted by molar-refractivity contribution is 5.95. The van der Waals surface area contributed by atoms with Crippen molar-refractivity contribution in [3.63, 3.8) is 0 Å². The molecule has 2 N–H and O–H groups in total. The van der Waals surface area contributed by atoms with Crippen LogP contribution in [-0.2, 0) is 9.59 Å². The Bertz CT molecular complexity index is 498. The molecule has 1 amide bonds. The smallest absolute Gasteiger partial charge is 0.310 e. The predicted octanol–water partition coefficient (Wildman–Crippen LogP) is 2.77. The highest BCUT2D eigenvalue weighted by Gasteiger charge is 2.38. The van der Waals surface area contributed by atoms with Crippen molar-refractivity contribution in [3.8, 4) is 5.75 Å². The van der Waals surface area contributed by atoms with Gasteiger partial charge in [-0.2, -0.15) is 0 Å².